The Kier molecular flexibility index (Phi) is 6.68. The molecule has 2 fully saturated rings. The maximum absolute atomic E-state index is 12.9. The molecule has 1 aromatic carbocycles. The predicted molar refractivity (Wildman–Crippen MR) is 115 cm³/mol. The summed E-state index contributed by atoms with van der Waals surface area (Å²) in [7, 11) is -3.15. The average molecular weight is 449 g/mol. The van der Waals surface area contributed by atoms with Crippen molar-refractivity contribution in [1.82, 2.24) is 15.2 Å². The highest BCUT2D eigenvalue weighted by Gasteiger charge is 2.37. The molecule has 3 heterocycles. The van der Waals surface area contributed by atoms with Crippen LogP contribution >= 0.6 is 0 Å². The van der Waals surface area contributed by atoms with Crippen LogP contribution in [0.4, 0.5) is 0 Å². The summed E-state index contributed by atoms with van der Waals surface area (Å²) in [5.74, 6) is -0.581. The molecule has 0 unspecified atom stereocenters. The third-order valence-electron chi connectivity index (χ3n) is 6.00. The van der Waals surface area contributed by atoms with Crippen molar-refractivity contribution in [2.45, 2.75) is 31.3 Å². The minimum Gasteiger partial charge on any atom is -0.379 e. The van der Waals surface area contributed by atoms with Crippen molar-refractivity contribution in [1.29, 1.82) is 0 Å². The number of rotatable bonds is 6. The van der Waals surface area contributed by atoms with Crippen molar-refractivity contribution in [3.8, 4) is 0 Å². The van der Waals surface area contributed by atoms with E-state index >= 15 is 0 Å². The summed E-state index contributed by atoms with van der Waals surface area (Å²) < 4.78 is 29.0. The van der Waals surface area contributed by atoms with Crippen LogP contribution in [0.25, 0.3) is 0 Å². The number of benzene rings is 1. The van der Waals surface area contributed by atoms with Gasteiger partial charge in [-0.05, 0) is 12.0 Å². The molecule has 1 aromatic rings. The van der Waals surface area contributed by atoms with Gasteiger partial charge in [0.1, 0.15) is 5.71 Å². The lowest BCUT2D eigenvalue weighted by atomic mass is 10.0. The van der Waals surface area contributed by atoms with Crippen molar-refractivity contribution < 1.29 is 22.7 Å². The van der Waals surface area contributed by atoms with E-state index < -0.39 is 15.9 Å². The summed E-state index contributed by atoms with van der Waals surface area (Å²) in [5, 5.41) is 8.47. The van der Waals surface area contributed by atoms with Crippen LogP contribution in [0.3, 0.4) is 0 Å². The molecule has 1 N–H and O–H groups in total. The van der Waals surface area contributed by atoms with Crippen molar-refractivity contribution in [3.05, 3.63) is 35.9 Å². The quantitative estimate of drug-likeness (QED) is 0.672. The van der Waals surface area contributed by atoms with Gasteiger partial charge in [0.2, 0.25) is 5.91 Å². The summed E-state index contributed by atoms with van der Waals surface area (Å²) in [6, 6.07) is 9.55. The SMILES string of the molecule is O=C(NC[C@@H](c1ccccc1)N1CCOCC1)C1=NN([C@H]2CCS(=O)(=O)C2)C(=O)CC1. The number of hydrogen-bond donors (Lipinski definition) is 1. The van der Waals surface area contributed by atoms with E-state index in [-0.39, 0.29) is 47.9 Å². The Hall–Kier alpha value is -2.30. The number of hydrogen-bond acceptors (Lipinski definition) is 7. The van der Waals surface area contributed by atoms with Gasteiger partial charge in [0, 0.05) is 32.5 Å². The summed E-state index contributed by atoms with van der Waals surface area (Å²) in [6.45, 7) is 3.30. The molecule has 2 atom stereocenters. The minimum absolute atomic E-state index is 0.0101. The third kappa shape index (κ3) is 5.31. The molecular formula is C21H28N4O5S. The van der Waals surface area contributed by atoms with E-state index in [2.05, 4.69) is 15.3 Å². The third-order valence-corrected chi connectivity index (χ3v) is 7.75. The molecule has 0 spiro atoms. The molecule has 9 nitrogen and oxygen atoms in total. The van der Waals surface area contributed by atoms with Crippen LogP contribution in [0.5, 0.6) is 0 Å². The monoisotopic (exact) mass is 448 g/mol. The molecule has 3 aliphatic rings. The molecule has 0 saturated carbocycles. The van der Waals surface area contributed by atoms with E-state index in [1.54, 1.807) is 0 Å². The number of carbonyl (C=O) groups is 2. The highest BCUT2D eigenvalue weighted by molar-refractivity contribution is 7.91. The van der Waals surface area contributed by atoms with Gasteiger partial charge in [0.05, 0.1) is 36.8 Å². The number of sulfone groups is 1. The smallest absolute Gasteiger partial charge is 0.267 e. The molecule has 2 saturated heterocycles. The number of hydrazone groups is 1. The Morgan fingerprint density at radius 1 is 1.19 bits per heavy atom. The van der Waals surface area contributed by atoms with Gasteiger partial charge in [0.25, 0.3) is 5.91 Å². The molecule has 2 amide bonds. The molecule has 0 aliphatic carbocycles. The maximum atomic E-state index is 12.9. The Labute approximate surface area is 182 Å². The largest absolute Gasteiger partial charge is 0.379 e. The molecule has 168 valence electrons. The average Bonchev–Trinajstić information content (AvgIpc) is 3.15. The van der Waals surface area contributed by atoms with Gasteiger partial charge < -0.3 is 10.1 Å². The van der Waals surface area contributed by atoms with Crippen molar-refractivity contribution in [3.63, 3.8) is 0 Å². The first kappa shape index (κ1) is 21.9. The highest BCUT2D eigenvalue weighted by atomic mass is 32.2. The lowest BCUT2D eigenvalue weighted by molar-refractivity contribution is -0.133. The van der Waals surface area contributed by atoms with Crippen LogP contribution in [-0.4, -0.2) is 86.2 Å². The standard InChI is InChI=1S/C21H28N4O5S/c26-20-7-6-18(23-25(20)17-8-13-31(28,29)15-17)21(27)22-14-19(16-4-2-1-3-5-16)24-9-11-30-12-10-24/h1-5,17,19H,6-15H2,(H,22,27)/t17-,19-/m0/s1. The van der Waals surface area contributed by atoms with E-state index in [9.17, 15) is 18.0 Å². The zero-order chi connectivity index (χ0) is 21.8. The number of nitrogens with one attached hydrogen (secondary N) is 1. The Morgan fingerprint density at radius 2 is 1.94 bits per heavy atom. The Balaban J connectivity index is 1.44. The van der Waals surface area contributed by atoms with Crippen molar-refractivity contribution >= 4 is 27.4 Å². The number of morpholine rings is 1. The summed E-state index contributed by atoms with van der Waals surface area (Å²) in [5.41, 5.74) is 1.39. The van der Waals surface area contributed by atoms with Gasteiger partial charge >= 0.3 is 0 Å². The number of nitrogens with zero attached hydrogens (tertiary/aromatic N) is 3. The second kappa shape index (κ2) is 9.46. The first-order chi connectivity index (χ1) is 14.9. The predicted octanol–water partition coefficient (Wildman–Crippen LogP) is 0.342. The summed E-state index contributed by atoms with van der Waals surface area (Å²) >= 11 is 0. The van der Waals surface area contributed by atoms with Crippen LogP contribution in [0, 0.1) is 0 Å². The fourth-order valence-corrected chi connectivity index (χ4v) is 5.99. The van der Waals surface area contributed by atoms with Crippen LogP contribution < -0.4 is 5.32 Å². The van der Waals surface area contributed by atoms with Crippen molar-refractivity contribution in [2.24, 2.45) is 5.10 Å². The van der Waals surface area contributed by atoms with Crippen LogP contribution in [0.15, 0.2) is 35.4 Å². The Morgan fingerprint density at radius 3 is 2.61 bits per heavy atom. The zero-order valence-electron chi connectivity index (χ0n) is 17.4. The molecule has 10 heteroatoms. The number of ether oxygens (including phenoxy) is 1. The van der Waals surface area contributed by atoms with Gasteiger partial charge in [-0.25, -0.2) is 13.4 Å². The first-order valence-electron chi connectivity index (χ1n) is 10.7. The van der Waals surface area contributed by atoms with E-state index in [0.29, 0.717) is 26.2 Å². The van der Waals surface area contributed by atoms with E-state index in [1.165, 1.54) is 5.01 Å². The van der Waals surface area contributed by atoms with Crippen molar-refractivity contribution in [2.75, 3.05) is 44.4 Å². The molecule has 0 aromatic heterocycles. The van der Waals surface area contributed by atoms with E-state index in [1.807, 2.05) is 30.3 Å². The molecule has 0 radical (unpaired) electrons. The minimum atomic E-state index is -3.15. The Bertz CT molecular complexity index is 944. The topological polar surface area (TPSA) is 108 Å². The van der Waals surface area contributed by atoms with Gasteiger partial charge in [-0.15, -0.1) is 0 Å². The second-order valence-corrected chi connectivity index (χ2v) is 10.4. The first-order valence-corrected chi connectivity index (χ1v) is 12.5. The van der Waals surface area contributed by atoms with Crippen LogP contribution in [0.2, 0.25) is 0 Å². The number of carbonyl (C=O) groups excluding carboxylic acids is 2. The van der Waals surface area contributed by atoms with E-state index in [4.69, 9.17) is 4.74 Å². The van der Waals surface area contributed by atoms with Crippen LogP contribution in [0.1, 0.15) is 30.9 Å². The van der Waals surface area contributed by atoms with Crippen LogP contribution in [-0.2, 0) is 24.2 Å². The highest BCUT2D eigenvalue weighted by Crippen LogP contribution is 2.23. The number of amides is 2. The fourth-order valence-electron chi connectivity index (χ4n) is 4.30. The van der Waals surface area contributed by atoms with E-state index in [0.717, 1.165) is 18.7 Å². The summed E-state index contributed by atoms with van der Waals surface area (Å²) in [4.78, 5) is 27.5. The van der Waals surface area contributed by atoms with Gasteiger partial charge in [0.15, 0.2) is 9.84 Å². The van der Waals surface area contributed by atoms with Gasteiger partial charge in [-0.3, -0.25) is 14.5 Å². The summed E-state index contributed by atoms with van der Waals surface area (Å²) in [6.07, 6.45) is 0.780. The molecule has 0 bridgehead atoms. The molecule has 31 heavy (non-hydrogen) atoms. The second-order valence-electron chi connectivity index (χ2n) is 8.13. The lowest BCUT2D eigenvalue weighted by Gasteiger charge is -2.35. The molecule has 4 rings (SSSR count). The molecule has 3 aliphatic heterocycles. The van der Waals surface area contributed by atoms with Gasteiger partial charge in [-0.1, -0.05) is 30.3 Å². The fraction of sp³-hybridized carbons (Fsp3) is 0.571. The zero-order valence-corrected chi connectivity index (χ0v) is 18.2. The maximum Gasteiger partial charge on any atom is 0.267 e. The normalized spacial score (nSPS) is 25.2. The molecular weight excluding hydrogens is 420 g/mol. The van der Waals surface area contributed by atoms with Gasteiger partial charge in [-0.2, -0.15) is 5.10 Å². The lowest BCUT2D eigenvalue weighted by Crippen LogP contribution is -2.47.